The molecule has 2 amide bonds. The molecule has 0 radical (unpaired) electrons. The fraction of sp³-hybridized carbons (Fsp3) is 0.316. The van der Waals surface area contributed by atoms with Gasteiger partial charge in [-0.05, 0) is 66.6 Å². The lowest BCUT2D eigenvalue weighted by atomic mass is 10.0. The molecule has 0 bridgehead atoms. The molecule has 0 unspecified atom stereocenters. The van der Waals surface area contributed by atoms with Crippen molar-refractivity contribution in [2.45, 2.75) is 75.9 Å². The lowest BCUT2D eigenvalue weighted by Crippen LogP contribution is -2.54. The van der Waals surface area contributed by atoms with Crippen molar-refractivity contribution in [1.82, 2.24) is 10.2 Å². The summed E-state index contributed by atoms with van der Waals surface area (Å²) in [6.07, 6.45) is 4.82. The fourth-order valence-electron chi connectivity index (χ4n) is 6.18. The summed E-state index contributed by atoms with van der Waals surface area (Å²) in [5.41, 5.74) is 4.06. The van der Waals surface area contributed by atoms with Crippen LogP contribution in [-0.2, 0) is 39.0 Å². The van der Waals surface area contributed by atoms with Crippen molar-refractivity contribution in [3.05, 3.63) is 131 Å². The van der Waals surface area contributed by atoms with Crippen molar-refractivity contribution in [2.24, 2.45) is 0 Å². The maximum atomic E-state index is 14.7. The van der Waals surface area contributed by atoms with E-state index in [2.05, 4.69) is 5.32 Å². The molecule has 1 aliphatic rings. The number of rotatable bonds is 13. The number of sulfonamides is 1. The van der Waals surface area contributed by atoms with E-state index in [4.69, 9.17) is 0 Å². The number of nitrogens with one attached hydrogen (secondary N) is 1. The first-order valence-electron chi connectivity index (χ1n) is 16.1. The van der Waals surface area contributed by atoms with Crippen LogP contribution in [0.15, 0.2) is 114 Å². The molecule has 240 valence electrons. The number of hydrogen-bond donors (Lipinski definition) is 1. The minimum Gasteiger partial charge on any atom is -0.352 e. The summed E-state index contributed by atoms with van der Waals surface area (Å²) in [6.45, 7) is 3.64. The summed E-state index contributed by atoms with van der Waals surface area (Å²) < 4.78 is 29.8. The summed E-state index contributed by atoms with van der Waals surface area (Å²) in [6, 6.07) is 32.1. The molecule has 4 aromatic carbocycles. The van der Waals surface area contributed by atoms with Crippen molar-refractivity contribution in [3.8, 4) is 0 Å². The Morgan fingerprint density at radius 3 is 2.04 bits per heavy atom. The van der Waals surface area contributed by atoms with Gasteiger partial charge in [0.2, 0.25) is 11.8 Å². The van der Waals surface area contributed by atoms with Gasteiger partial charge in [-0.2, -0.15) is 0 Å². The van der Waals surface area contributed by atoms with Gasteiger partial charge < -0.3 is 10.2 Å². The van der Waals surface area contributed by atoms with Crippen LogP contribution < -0.4 is 9.62 Å². The zero-order valence-corrected chi connectivity index (χ0v) is 27.5. The summed E-state index contributed by atoms with van der Waals surface area (Å²) in [5, 5.41) is 3.23. The Bertz CT molecular complexity index is 1720. The first-order valence-corrected chi connectivity index (χ1v) is 17.6. The number of carbonyl (C=O) groups excluding carboxylic acids is 2. The highest BCUT2D eigenvalue weighted by molar-refractivity contribution is 7.92. The van der Waals surface area contributed by atoms with E-state index in [0.29, 0.717) is 18.5 Å². The van der Waals surface area contributed by atoms with Crippen LogP contribution in [0.25, 0.3) is 0 Å². The van der Waals surface area contributed by atoms with Crippen LogP contribution in [0.3, 0.4) is 0 Å². The SMILES string of the molecule is CCc1ccccc1N(CC(=O)N(Cc1ccccc1C)[C@H](Cc1ccccc1)C(=O)NC1CCCC1)S(=O)(=O)c1ccccc1. The van der Waals surface area contributed by atoms with Crippen molar-refractivity contribution in [1.29, 1.82) is 0 Å². The summed E-state index contributed by atoms with van der Waals surface area (Å²) in [5.74, 6) is -0.666. The average molecular weight is 638 g/mol. The minimum absolute atomic E-state index is 0.0626. The predicted molar refractivity (Wildman–Crippen MR) is 183 cm³/mol. The second-order valence-electron chi connectivity index (χ2n) is 12.0. The highest BCUT2D eigenvalue weighted by Crippen LogP contribution is 2.29. The van der Waals surface area contributed by atoms with Crippen molar-refractivity contribution in [2.75, 3.05) is 10.8 Å². The highest BCUT2D eigenvalue weighted by atomic mass is 32.2. The average Bonchev–Trinajstić information content (AvgIpc) is 3.59. The second kappa shape index (κ2) is 15.2. The van der Waals surface area contributed by atoms with E-state index in [1.807, 2.05) is 80.6 Å². The largest absolute Gasteiger partial charge is 0.352 e. The molecule has 1 atom stereocenters. The van der Waals surface area contributed by atoms with Gasteiger partial charge >= 0.3 is 0 Å². The van der Waals surface area contributed by atoms with Crippen LogP contribution in [0.2, 0.25) is 0 Å². The van der Waals surface area contributed by atoms with Gasteiger partial charge in [0.1, 0.15) is 12.6 Å². The van der Waals surface area contributed by atoms with Gasteiger partial charge in [0.15, 0.2) is 0 Å². The summed E-state index contributed by atoms with van der Waals surface area (Å²) in [4.78, 5) is 30.6. The van der Waals surface area contributed by atoms with Gasteiger partial charge in [-0.15, -0.1) is 0 Å². The van der Waals surface area contributed by atoms with Crippen LogP contribution >= 0.6 is 0 Å². The number of anilines is 1. The smallest absolute Gasteiger partial charge is 0.264 e. The van der Waals surface area contributed by atoms with E-state index in [-0.39, 0.29) is 23.4 Å². The Balaban J connectivity index is 1.59. The number of para-hydroxylation sites is 1. The quantitative estimate of drug-likeness (QED) is 0.183. The van der Waals surface area contributed by atoms with Gasteiger partial charge in [-0.1, -0.05) is 111 Å². The molecular formula is C38H43N3O4S. The molecule has 0 saturated heterocycles. The maximum absolute atomic E-state index is 14.7. The fourth-order valence-corrected chi connectivity index (χ4v) is 7.65. The number of nitrogens with zero attached hydrogens (tertiary/aromatic N) is 2. The van der Waals surface area contributed by atoms with Gasteiger partial charge in [-0.25, -0.2) is 8.42 Å². The van der Waals surface area contributed by atoms with E-state index in [1.165, 1.54) is 4.31 Å². The van der Waals surface area contributed by atoms with Crippen LogP contribution in [0.5, 0.6) is 0 Å². The molecule has 0 spiro atoms. The second-order valence-corrected chi connectivity index (χ2v) is 13.8. The highest BCUT2D eigenvalue weighted by Gasteiger charge is 2.36. The third-order valence-corrected chi connectivity index (χ3v) is 10.6. The normalized spacial score (nSPS) is 14.0. The van der Waals surface area contributed by atoms with Crippen LogP contribution in [-0.4, -0.2) is 43.8 Å². The van der Waals surface area contributed by atoms with E-state index in [9.17, 15) is 18.0 Å². The first-order chi connectivity index (χ1) is 22.3. The van der Waals surface area contributed by atoms with Crippen LogP contribution in [0.1, 0.15) is 54.9 Å². The molecule has 1 aliphatic carbocycles. The molecule has 1 N–H and O–H groups in total. The van der Waals surface area contributed by atoms with E-state index >= 15 is 0 Å². The Hall–Kier alpha value is -4.43. The molecule has 0 aromatic heterocycles. The van der Waals surface area contributed by atoms with Crippen molar-refractivity contribution >= 4 is 27.5 Å². The topological polar surface area (TPSA) is 86.8 Å². The number of carbonyl (C=O) groups is 2. The number of aryl methyl sites for hydroxylation is 2. The van der Waals surface area contributed by atoms with Crippen molar-refractivity contribution < 1.29 is 18.0 Å². The summed E-state index contributed by atoms with van der Waals surface area (Å²) >= 11 is 0. The lowest BCUT2D eigenvalue weighted by Gasteiger charge is -2.35. The van der Waals surface area contributed by atoms with E-state index in [1.54, 1.807) is 47.4 Å². The lowest BCUT2D eigenvalue weighted by molar-refractivity contribution is -0.140. The molecule has 0 aliphatic heterocycles. The van der Waals surface area contributed by atoms with Gasteiger partial charge in [-0.3, -0.25) is 13.9 Å². The molecule has 7 nitrogen and oxygen atoms in total. The predicted octanol–water partition coefficient (Wildman–Crippen LogP) is 6.45. The Morgan fingerprint density at radius 2 is 1.39 bits per heavy atom. The monoisotopic (exact) mass is 637 g/mol. The zero-order valence-electron chi connectivity index (χ0n) is 26.6. The molecule has 46 heavy (non-hydrogen) atoms. The molecule has 1 fully saturated rings. The zero-order chi connectivity index (χ0) is 32.5. The molecule has 1 saturated carbocycles. The van der Waals surface area contributed by atoms with Gasteiger partial charge in [0, 0.05) is 19.0 Å². The molecular weight excluding hydrogens is 595 g/mol. The minimum atomic E-state index is -4.13. The first kappa shape index (κ1) is 32.9. The third-order valence-electron chi connectivity index (χ3n) is 8.83. The Morgan fingerprint density at radius 1 is 0.804 bits per heavy atom. The third kappa shape index (κ3) is 7.85. The van der Waals surface area contributed by atoms with Gasteiger partial charge in [0.25, 0.3) is 10.0 Å². The Kier molecular flexibility index (Phi) is 10.9. The van der Waals surface area contributed by atoms with Crippen LogP contribution in [0.4, 0.5) is 5.69 Å². The molecule has 5 rings (SSSR count). The van der Waals surface area contributed by atoms with Crippen LogP contribution in [0, 0.1) is 6.92 Å². The maximum Gasteiger partial charge on any atom is 0.264 e. The number of benzene rings is 4. The van der Waals surface area contributed by atoms with Crippen molar-refractivity contribution in [3.63, 3.8) is 0 Å². The Labute approximate surface area is 273 Å². The standard InChI is InChI=1S/C38H43N3O4S/c1-3-31-19-12-15-25-35(31)41(46(44,45)34-23-8-5-9-24-34)28-37(42)40(27-32-20-11-10-16-29(32)2)36(26-30-17-6-4-7-18-30)38(43)39-33-21-13-14-22-33/h4-12,15-20,23-25,33,36H,3,13-14,21-22,26-28H2,1-2H3,(H,39,43)/t36-/m1/s1. The summed E-state index contributed by atoms with van der Waals surface area (Å²) in [7, 11) is -4.13. The molecule has 4 aromatic rings. The molecule has 8 heteroatoms. The number of hydrogen-bond acceptors (Lipinski definition) is 4. The molecule has 0 heterocycles. The van der Waals surface area contributed by atoms with Gasteiger partial charge in [0.05, 0.1) is 10.6 Å². The van der Waals surface area contributed by atoms with E-state index < -0.39 is 28.5 Å². The van der Waals surface area contributed by atoms with E-state index in [0.717, 1.165) is 47.9 Å². The number of amides is 2.